The minimum atomic E-state index is -4.51. The number of nitriles is 1. The zero-order chi connectivity index (χ0) is 24.6. The number of hydrogen-bond donors (Lipinski definition) is 0. The first-order chi connectivity index (χ1) is 15.3. The quantitative estimate of drug-likeness (QED) is 0.256. The standard InChI is InChI=1S/C23H17Br2F4NO3/c1-22(2)15(10-19(24)25)20(22)21(31)33-18(11-30)12-3-8-16(26)17(9-12)32-14-6-4-13(5-7-14)23(27,28)29/h3-10,15,18,20H,1-2H3. The third-order valence-electron chi connectivity index (χ3n) is 5.49. The summed E-state index contributed by atoms with van der Waals surface area (Å²) in [5.41, 5.74) is -1.06. The average Bonchev–Trinajstić information content (AvgIpc) is 3.26. The van der Waals surface area contributed by atoms with Gasteiger partial charge in [0.15, 0.2) is 11.6 Å². The van der Waals surface area contributed by atoms with Crippen molar-refractivity contribution in [2.45, 2.75) is 26.1 Å². The Hall–Kier alpha value is -2.38. The Morgan fingerprint density at radius 2 is 1.82 bits per heavy atom. The van der Waals surface area contributed by atoms with Gasteiger partial charge in [-0.05, 0) is 79.6 Å². The number of ether oxygens (including phenoxy) is 2. The van der Waals surface area contributed by atoms with Gasteiger partial charge in [-0.15, -0.1) is 0 Å². The van der Waals surface area contributed by atoms with Crippen LogP contribution in [0, 0.1) is 34.4 Å². The number of carbonyl (C=O) groups excluding carboxylic acids is 1. The number of allylic oxidation sites excluding steroid dienone is 1. The van der Waals surface area contributed by atoms with E-state index >= 15 is 0 Å². The molecule has 2 aromatic rings. The fraction of sp³-hybridized carbons (Fsp3) is 0.304. The minimum absolute atomic E-state index is 0.0285. The summed E-state index contributed by atoms with van der Waals surface area (Å²) < 4.78 is 63.8. The lowest BCUT2D eigenvalue weighted by Crippen LogP contribution is -2.14. The van der Waals surface area contributed by atoms with Crippen LogP contribution >= 0.6 is 31.9 Å². The molecule has 0 aromatic heterocycles. The van der Waals surface area contributed by atoms with Gasteiger partial charge in [-0.1, -0.05) is 26.0 Å². The number of esters is 1. The Morgan fingerprint density at radius 1 is 1.18 bits per heavy atom. The van der Waals surface area contributed by atoms with Gasteiger partial charge >= 0.3 is 12.1 Å². The van der Waals surface area contributed by atoms with Gasteiger partial charge in [0.2, 0.25) is 6.10 Å². The Labute approximate surface area is 204 Å². The second kappa shape index (κ2) is 9.47. The van der Waals surface area contributed by atoms with Crippen molar-refractivity contribution in [1.29, 1.82) is 5.26 Å². The number of benzene rings is 2. The molecule has 1 aliphatic carbocycles. The lowest BCUT2D eigenvalue weighted by Gasteiger charge is -2.14. The number of alkyl halides is 3. The molecular weight excluding hydrogens is 574 g/mol. The van der Waals surface area contributed by atoms with Crippen LogP contribution in [0.1, 0.15) is 31.1 Å². The molecule has 0 spiro atoms. The zero-order valence-corrected chi connectivity index (χ0v) is 20.5. The van der Waals surface area contributed by atoms with Crippen LogP contribution in [-0.2, 0) is 15.7 Å². The highest BCUT2D eigenvalue weighted by Crippen LogP contribution is 2.60. The van der Waals surface area contributed by atoms with Crippen molar-refractivity contribution in [3.8, 4) is 17.6 Å². The number of halogens is 6. The molecule has 1 saturated carbocycles. The first-order valence-electron chi connectivity index (χ1n) is 9.62. The van der Waals surface area contributed by atoms with E-state index in [9.17, 15) is 27.6 Å². The van der Waals surface area contributed by atoms with Crippen LogP contribution in [0.4, 0.5) is 17.6 Å². The van der Waals surface area contributed by atoms with E-state index in [4.69, 9.17) is 9.47 Å². The second-order valence-corrected chi connectivity index (χ2v) is 10.8. The van der Waals surface area contributed by atoms with E-state index in [-0.39, 0.29) is 28.4 Å². The largest absolute Gasteiger partial charge is 0.454 e. The molecule has 0 aliphatic heterocycles. The number of hydrogen-bond acceptors (Lipinski definition) is 4. The maximum absolute atomic E-state index is 14.3. The molecule has 3 atom stereocenters. The lowest BCUT2D eigenvalue weighted by molar-refractivity contribution is -0.149. The Morgan fingerprint density at radius 3 is 2.36 bits per heavy atom. The normalized spacial score (nSPS) is 19.7. The van der Waals surface area contributed by atoms with Crippen LogP contribution in [0.15, 0.2) is 51.9 Å². The predicted octanol–water partition coefficient (Wildman–Crippen LogP) is 7.65. The maximum atomic E-state index is 14.3. The number of nitrogens with zero attached hydrogens (tertiary/aromatic N) is 1. The van der Waals surface area contributed by atoms with Crippen molar-refractivity contribution in [3.63, 3.8) is 0 Å². The molecule has 0 heterocycles. The molecule has 0 bridgehead atoms. The van der Waals surface area contributed by atoms with E-state index in [2.05, 4.69) is 31.9 Å². The van der Waals surface area contributed by atoms with E-state index in [0.29, 0.717) is 3.39 Å². The SMILES string of the molecule is CC1(C)C(C=C(Br)Br)C1C(=O)OC(C#N)c1ccc(F)c(Oc2ccc(C(F)(F)F)cc2)c1. The van der Waals surface area contributed by atoms with Crippen molar-refractivity contribution >= 4 is 37.8 Å². The van der Waals surface area contributed by atoms with Crippen LogP contribution in [-0.4, -0.2) is 5.97 Å². The van der Waals surface area contributed by atoms with E-state index in [0.717, 1.165) is 30.3 Å². The molecule has 0 radical (unpaired) electrons. The Bertz CT molecular complexity index is 1120. The van der Waals surface area contributed by atoms with Gasteiger partial charge in [0.1, 0.15) is 11.8 Å². The molecule has 0 N–H and O–H groups in total. The van der Waals surface area contributed by atoms with E-state index in [1.165, 1.54) is 12.1 Å². The predicted molar refractivity (Wildman–Crippen MR) is 119 cm³/mol. The fourth-order valence-electron chi connectivity index (χ4n) is 3.53. The molecule has 33 heavy (non-hydrogen) atoms. The molecule has 1 fully saturated rings. The number of carbonyl (C=O) groups is 1. The monoisotopic (exact) mass is 589 g/mol. The molecular formula is C23H17Br2F4NO3. The molecule has 174 valence electrons. The summed E-state index contributed by atoms with van der Waals surface area (Å²) in [6.45, 7) is 3.80. The third-order valence-corrected chi connectivity index (χ3v) is 6.02. The highest BCUT2D eigenvalue weighted by Gasteiger charge is 2.61. The van der Waals surface area contributed by atoms with Gasteiger partial charge in [0.05, 0.1) is 14.9 Å². The minimum Gasteiger partial charge on any atom is -0.454 e. The smallest absolute Gasteiger partial charge is 0.416 e. The molecule has 0 amide bonds. The van der Waals surface area contributed by atoms with Gasteiger partial charge in [-0.25, -0.2) is 4.39 Å². The summed E-state index contributed by atoms with van der Waals surface area (Å²) in [4.78, 5) is 12.7. The molecule has 3 unspecified atom stereocenters. The van der Waals surface area contributed by atoms with Crippen LogP contribution in [0.5, 0.6) is 11.5 Å². The van der Waals surface area contributed by atoms with Crippen LogP contribution < -0.4 is 4.74 Å². The van der Waals surface area contributed by atoms with Crippen molar-refractivity contribution in [3.05, 3.63) is 68.9 Å². The Balaban J connectivity index is 1.76. The summed E-state index contributed by atoms with van der Waals surface area (Å²) in [5, 5.41) is 9.53. The zero-order valence-electron chi connectivity index (χ0n) is 17.3. The van der Waals surface area contributed by atoms with Crippen molar-refractivity contribution < 1.29 is 31.8 Å². The highest BCUT2D eigenvalue weighted by atomic mass is 79.9. The second-order valence-electron chi connectivity index (χ2n) is 8.04. The lowest BCUT2D eigenvalue weighted by atomic mass is 10.1. The Kier molecular flexibility index (Phi) is 7.24. The van der Waals surface area contributed by atoms with Gasteiger partial charge in [-0.2, -0.15) is 18.4 Å². The van der Waals surface area contributed by atoms with Crippen LogP contribution in [0.2, 0.25) is 0 Å². The first kappa shape index (κ1) is 25.2. The number of rotatable bonds is 6. The van der Waals surface area contributed by atoms with Crippen LogP contribution in [0.25, 0.3) is 0 Å². The van der Waals surface area contributed by atoms with Crippen molar-refractivity contribution in [1.82, 2.24) is 0 Å². The summed E-state index contributed by atoms with van der Waals surface area (Å²) >= 11 is 6.54. The third kappa shape index (κ3) is 5.76. The molecule has 3 rings (SSSR count). The fourth-order valence-corrected chi connectivity index (χ4v) is 4.10. The van der Waals surface area contributed by atoms with E-state index in [1.54, 1.807) is 0 Å². The summed E-state index contributed by atoms with van der Waals surface area (Å²) in [7, 11) is 0. The van der Waals surface area contributed by atoms with E-state index in [1.807, 2.05) is 26.0 Å². The van der Waals surface area contributed by atoms with Crippen molar-refractivity contribution in [2.75, 3.05) is 0 Å². The maximum Gasteiger partial charge on any atom is 0.416 e. The van der Waals surface area contributed by atoms with Crippen LogP contribution in [0.3, 0.4) is 0 Å². The summed E-state index contributed by atoms with van der Waals surface area (Å²) in [5.74, 6) is -2.26. The molecule has 2 aromatic carbocycles. The molecule has 1 aliphatic rings. The van der Waals surface area contributed by atoms with Gasteiger partial charge < -0.3 is 9.47 Å². The summed E-state index contributed by atoms with van der Waals surface area (Å²) in [6, 6.07) is 9.09. The van der Waals surface area contributed by atoms with E-state index < -0.39 is 35.5 Å². The molecule has 10 heteroatoms. The van der Waals surface area contributed by atoms with Gasteiger partial charge in [-0.3, -0.25) is 4.79 Å². The molecule has 4 nitrogen and oxygen atoms in total. The van der Waals surface area contributed by atoms with Gasteiger partial charge in [0.25, 0.3) is 0 Å². The molecule has 0 saturated heterocycles. The van der Waals surface area contributed by atoms with Gasteiger partial charge in [0, 0.05) is 5.56 Å². The first-order valence-corrected chi connectivity index (χ1v) is 11.2. The average molecular weight is 591 g/mol. The summed E-state index contributed by atoms with van der Waals surface area (Å²) in [6.07, 6.45) is -3.99. The highest BCUT2D eigenvalue weighted by molar-refractivity contribution is 9.28. The van der Waals surface area contributed by atoms with Crippen molar-refractivity contribution in [2.24, 2.45) is 17.3 Å². The topological polar surface area (TPSA) is 59.3 Å².